The number of guanidine groups is 1. The zero-order chi connectivity index (χ0) is 17.2. The summed E-state index contributed by atoms with van der Waals surface area (Å²) >= 11 is 0. The zero-order valence-electron chi connectivity index (χ0n) is 14.3. The maximum atomic E-state index is 5.85. The van der Waals surface area contributed by atoms with Gasteiger partial charge in [-0.2, -0.15) is 0 Å². The van der Waals surface area contributed by atoms with E-state index in [1.807, 2.05) is 48.5 Å². The van der Waals surface area contributed by atoms with E-state index >= 15 is 0 Å². The summed E-state index contributed by atoms with van der Waals surface area (Å²) < 4.78 is 10.8. The van der Waals surface area contributed by atoms with Crippen LogP contribution >= 0.6 is 0 Å². The summed E-state index contributed by atoms with van der Waals surface area (Å²) in [5.41, 5.74) is 8.27. The van der Waals surface area contributed by atoms with Crippen LogP contribution in [0.4, 0.5) is 0 Å². The Morgan fingerprint density at radius 3 is 2.38 bits per heavy atom. The van der Waals surface area contributed by atoms with Crippen molar-refractivity contribution in [3.8, 4) is 11.5 Å². The molecule has 2 aromatic rings. The van der Waals surface area contributed by atoms with Gasteiger partial charge in [-0.25, -0.2) is 0 Å². The van der Waals surface area contributed by atoms with Gasteiger partial charge in [-0.15, -0.1) is 0 Å². The smallest absolute Gasteiger partial charge is 0.188 e. The average molecular weight is 327 g/mol. The topological polar surface area (TPSA) is 68.9 Å². The van der Waals surface area contributed by atoms with Crippen LogP contribution in [-0.2, 0) is 6.42 Å². The summed E-state index contributed by atoms with van der Waals surface area (Å²) in [7, 11) is 1.66. The molecule has 3 N–H and O–H groups in total. The molecule has 0 radical (unpaired) electrons. The van der Waals surface area contributed by atoms with Gasteiger partial charge in [0.05, 0.1) is 13.7 Å². The third kappa shape index (κ3) is 6.20. The maximum Gasteiger partial charge on any atom is 0.188 e. The van der Waals surface area contributed by atoms with Crippen LogP contribution in [0, 0.1) is 6.92 Å². The van der Waals surface area contributed by atoms with Gasteiger partial charge in [0.1, 0.15) is 18.1 Å². The van der Waals surface area contributed by atoms with Crippen molar-refractivity contribution in [2.24, 2.45) is 10.7 Å². The van der Waals surface area contributed by atoms with Gasteiger partial charge in [0.25, 0.3) is 0 Å². The van der Waals surface area contributed by atoms with Gasteiger partial charge < -0.3 is 20.5 Å². The Bertz CT molecular complexity index is 637. The van der Waals surface area contributed by atoms with Crippen LogP contribution < -0.4 is 20.5 Å². The van der Waals surface area contributed by atoms with Crippen molar-refractivity contribution in [2.45, 2.75) is 13.3 Å². The molecule has 0 saturated heterocycles. The predicted octanol–water partition coefficient (Wildman–Crippen LogP) is 2.53. The van der Waals surface area contributed by atoms with Gasteiger partial charge in [0.2, 0.25) is 0 Å². The van der Waals surface area contributed by atoms with Crippen molar-refractivity contribution >= 4 is 5.96 Å². The fourth-order valence-electron chi connectivity index (χ4n) is 2.14. The molecule has 0 aliphatic carbocycles. The first-order valence-corrected chi connectivity index (χ1v) is 8.03. The van der Waals surface area contributed by atoms with Crippen LogP contribution in [0.5, 0.6) is 11.5 Å². The Hall–Kier alpha value is -2.69. The number of ether oxygens (including phenoxy) is 2. The van der Waals surface area contributed by atoms with Gasteiger partial charge in [0, 0.05) is 6.54 Å². The highest BCUT2D eigenvalue weighted by Gasteiger charge is 1.96. The van der Waals surface area contributed by atoms with E-state index in [9.17, 15) is 0 Å². The molecule has 128 valence electrons. The molecule has 0 amide bonds. The van der Waals surface area contributed by atoms with Crippen molar-refractivity contribution in [1.29, 1.82) is 0 Å². The lowest BCUT2D eigenvalue weighted by Gasteiger charge is -2.08. The van der Waals surface area contributed by atoms with Gasteiger partial charge in [-0.3, -0.25) is 4.99 Å². The van der Waals surface area contributed by atoms with Crippen molar-refractivity contribution in [3.63, 3.8) is 0 Å². The van der Waals surface area contributed by atoms with E-state index in [2.05, 4.69) is 17.2 Å². The molecule has 0 fully saturated rings. The van der Waals surface area contributed by atoms with Crippen LogP contribution in [0.15, 0.2) is 53.5 Å². The van der Waals surface area contributed by atoms with E-state index < -0.39 is 0 Å². The molecule has 24 heavy (non-hydrogen) atoms. The Morgan fingerprint density at radius 2 is 1.71 bits per heavy atom. The number of rotatable bonds is 8. The van der Waals surface area contributed by atoms with E-state index in [0.717, 1.165) is 17.9 Å². The number of aliphatic imine (C=N–C) groups is 1. The van der Waals surface area contributed by atoms with E-state index in [1.165, 1.54) is 11.1 Å². The van der Waals surface area contributed by atoms with Gasteiger partial charge in [0.15, 0.2) is 5.96 Å². The highest BCUT2D eigenvalue weighted by molar-refractivity contribution is 5.77. The number of benzene rings is 2. The largest absolute Gasteiger partial charge is 0.497 e. The number of methoxy groups -OCH3 is 1. The predicted molar refractivity (Wildman–Crippen MR) is 97.9 cm³/mol. The molecule has 0 aliphatic heterocycles. The minimum Gasteiger partial charge on any atom is -0.497 e. The molecule has 2 aromatic carbocycles. The summed E-state index contributed by atoms with van der Waals surface area (Å²) in [5, 5.41) is 3.05. The molecule has 0 spiro atoms. The molecule has 0 bridgehead atoms. The molecule has 2 rings (SSSR count). The zero-order valence-corrected chi connectivity index (χ0v) is 14.3. The monoisotopic (exact) mass is 327 g/mol. The number of hydrogen-bond acceptors (Lipinski definition) is 3. The molecule has 0 aliphatic rings. The molecule has 0 aromatic heterocycles. The molecule has 0 heterocycles. The summed E-state index contributed by atoms with van der Waals surface area (Å²) in [6, 6.07) is 15.9. The minimum absolute atomic E-state index is 0.441. The van der Waals surface area contributed by atoms with Crippen molar-refractivity contribution in [2.75, 3.05) is 26.8 Å². The second-order valence-electron chi connectivity index (χ2n) is 5.45. The van der Waals surface area contributed by atoms with E-state index in [0.29, 0.717) is 25.7 Å². The molecule has 5 nitrogen and oxygen atoms in total. The Balaban J connectivity index is 1.63. The lowest BCUT2D eigenvalue weighted by atomic mass is 10.1. The number of nitrogens with zero attached hydrogens (tertiary/aromatic N) is 1. The van der Waals surface area contributed by atoms with Crippen LogP contribution in [0.3, 0.4) is 0 Å². The summed E-state index contributed by atoms with van der Waals surface area (Å²) in [6.07, 6.45) is 0.840. The van der Waals surface area contributed by atoms with Gasteiger partial charge >= 0.3 is 0 Å². The fraction of sp³-hybridized carbons (Fsp3) is 0.316. The van der Waals surface area contributed by atoms with Crippen LogP contribution in [0.25, 0.3) is 0 Å². The number of hydrogen-bond donors (Lipinski definition) is 2. The first-order valence-electron chi connectivity index (χ1n) is 8.03. The Morgan fingerprint density at radius 1 is 1.04 bits per heavy atom. The summed E-state index contributed by atoms with van der Waals surface area (Å²) in [6.45, 7) is 3.85. The molecular weight excluding hydrogens is 302 g/mol. The van der Waals surface area contributed by atoms with Gasteiger partial charge in [-0.05, 0) is 43.2 Å². The van der Waals surface area contributed by atoms with E-state index in [1.54, 1.807) is 7.11 Å². The SMILES string of the molecule is COc1ccc(CCN=C(N)NCCOc2ccc(C)cc2)cc1. The van der Waals surface area contributed by atoms with Gasteiger partial charge in [-0.1, -0.05) is 29.8 Å². The summed E-state index contributed by atoms with van der Waals surface area (Å²) in [5.74, 6) is 2.16. The fourth-order valence-corrected chi connectivity index (χ4v) is 2.14. The number of nitrogens with one attached hydrogen (secondary N) is 1. The maximum absolute atomic E-state index is 5.85. The third-order valence-corrected chi connectivity index (χ3v) is 3.54. The van der Waals surface area contributed by atoms with Crippen molar-refractivity contribution in [1.82, 2.24) is 5.32 Å². The van der Waals surface area contributed by atoms with E-state index in [4.69, 9.17) is 15.2 Å². The lowest BCUT2D eigenvalue weighted by molar-refractivity contribution is 0.322. The lowest BCUT2D eigenvalue weighted by Crippen LogP contribution is -2.34. The second kappa shape index (κ2) is 9.45. The van der Waals surface area contributed by atoms with Crippen LogP contribution in [0.2, 0.25) is 0 Å². The highest BCUT2D eigenvalue weighted by Crippen LogP contribution is 2.12. The molecule has 0 atom stereocenters. The Kier molecular flexibility index (Phi) is 6.95. The van der Waals surface area contributed by atoms with E-state index in [-0.39, 0.29) is 0 Å². The number of aryl methyl sites for hydroxylation is 1. The third-order valence-electron chi connectivity index (χ3n) is 3.54. The first-order chi connectivity index (χ1) is 11.7. The standard InChI is InChI=1S/C19H25N3O2/c1-15-3-7-18(8-4-15)24-14-13-22-19(20)21-12-11-16-5-9-17(23-2)10-6-16/h3-10H,11-14H2,1-2H3,(H3,20,21,22). The average Bonchev–Trinajstić information content (AvgIpc) is 2.61. The van der Waals surface area contributed by atoms with Crippen LogP contribution in [0.1, 0.15) is 11.1 Å². The van der Waals surface area contributed by atoms with Crippen molar-refractivity contribution < 1.29 is 9.47 Å². The highest BCUT2D eigenvalue weighted by atomic mass is 16.5. The molecule has 0 saturated carbocycles. The quantitative estimate of drug-likeness (QED) is 0.444. The summed E-state index contributed by atoms with van der Waals surface area (Å²) in [4.78, 5) is 4.31. The molecule has 0 unspecified atom stereocenters. The Labute approximate surface area is 143 Å². The molecular formula is C19H25N3O2. The van der Waals surface area contributed by atoms with Crippen LogP contribution in [-0.4, -0.2) is 32.8 Å². The first kappa shape index (κ1) is 17.7. The van der Waals surface area contributed by atoms with Crippen molar-refractivity contribution in [3.05, 3.63) is 59.7 Å². The normalized spacial score (nSPS) is 11.2. The molecule has 5 heteroatoms. The second-order valence-corrected chi connectivity index (χ2v) is 5.45. The number of nitrogens with two attached hydrogens (primary N) is 1. The minimum atomic E-state index is 0.441.